The molecule has 1 aliphatic carbocycles. The molecule has 4 nitrogen and oxygen atoms in total. The highest BCUT2D eigenvalue weighted by atomic mass is 16.5. The Labute approximate surface area is 161 Å². The zero-order chi connectivity index (χ0) is 18.3. The Morgan fingerprint density at radius 2 is 1.59 bits per heavy atom. The van der Waals surface area contributed by atoms with Crippen LogP contribution >= 0.6 is 0 Å². The lowest BCUT2D eigenvalue weighted by Crippen LogP contribution is -2.31. The summed E-state index contributed by atoms with van der Waals surface area (Å²) in [4.78, 5) is 6.51. The Balaban J connectivity index is 1.19. The monoisotopic (exact) mass is 364 g/mol. The Morgan fingerprint density at radius 1 is 0.889 bits per heavy atom. The molecule has 27 heavy (non-hydrogen) atoms. The average molecular weight is 364 g/mol. The summed E-state index contributed by atoms with van der Waals surface area (Å²) in [5, 5.41) is 0. The molecule has 0 N–H and O–H groups in total. The van der Waals surface area contributed by atoms with Gasteiger partial charge in [0, 0.05) is 38.4 Å². The van der Waals surface area contributed by atoms with Crippen LogP contribution in [0.4, 0.5) is 0 Å². The van der Waals surface area contributed by atoms with Crippen molar-refractivity contribution in [1.29, 1.82) is 0 Å². The Morgan fingerprint density at radius 3 is 2.26 bits per heavy atom. The molecule has 0 atom stereocenters. The normalized spacial score (nSPS) is 23.5. The summed E-state index contributed by atoms with van der Waals surface area (Å²) in [6.45, 7) is 3.06. The van der Waals surface area contributed by atoms with Crippen molar-refractivity contribution in [3.05, 3.63) is 72.3 Å². The van der Waals surface area contributed by atoms with Crippen molar-refractivity contribution in [3.8, 4) is 5.75 Å². The highest BCUT2D eigenvalue weighted by molar-refractivity contribution is 5.17. The maximum Gasteiger partial charge on any atom is 0.122 e. The van der Waals surface area contributed by atoms with Gasteiger partial charge in [-0.05, 0) is 49.5 Å². The van der Waals surface area contributed by atoms with Gasteiger partial charge in [0.25, 0.3) is 0 Å². The van der Waals surface area contributed by atoms with E-state index in [9.17, 15) is 0 Å². The van der Waals surface area contributed by atoms with Crippen LogP contribution in [-0.2, 0) is 11.3 Å². The van der Waals surface area contributed by atoms with Gasteiger partial charge in [-0.25, -0.2) is 0 Å². The van der Waals surface area contributed by atoms with Gasteiger partial charge in [-0.2, -0.15) is 0 Å². The largest absolute Gasteiger partial charge is 0.495 e. The third-order valence-electron chi connectivity index (χ3n) is 5.39. The SMILES string of the molecule is C1=C(OC2CCC(Oc3ccncc3)CC2)CCN(Cc2ccccc2)C1. The zero-order valence-electron chi connectivity index (χ0n) is 15.8. The van der Waals surface area contributed by atoms with Crippen molar-refractivity contribution in [1.82, 2.24) is 9.88 Å². The van der Waals surface area contributed by atoms with E-state index in [4.69, 9.17) is 9.47 Å². The highest BCUT2D eigenvalue weighted by Gasteiger charge is 2.25. The molecule has 2 aromatic rings. The Kier molecular flexibility index (Phi) is 6.05. The van der Waals surface area contributed by atoms with Gasteiger partial charge in [0.05, 0.1) is 18.0 Å². The predicted molar refractivity (Wildman–Crippen MR) is 106 cm³/mol. The molecule has 0 amide bonds. The molecule has 1 fully saturated rings. The van der Waals surface area contributed by atoms with Gasteiger partial charge >= 0.3 is 0 Å². The van der Waals surface area contributed by atoms with Gasteiger partial charge in [-0.15, -0.1) is 0 Å². The molecule has 0 bridgehead atoms. The second-order valence-corrected chi connectivity index (χ2v) is 7.46. The van der Waals surface area contributed by atoms with E-state index in [1.54, 1.807) is 12.4 Å². The minimum absolute atomic E-state index is 0.300. The van der Waals surface area contributed by atoms with E-state index in [2.05, 4.69) is 46.3 Å². The van der Waals surface area contributed by atoms with Crippen molar-refractivity contribution in [2.45, 2.75) is 50.9 Å². The molecule has 0 radical (unpaired) electrons. The van der Waals surface area contributed by atoms with Gasteiger partial charge in [0.1, 0.15) is 5.75 Å². The minimum Gasteiger partial charge on any atom is -0.495 e. The summed E-state index contributed by atoms with van der Waals surface area (Å²) in [5.74, 6) is 2.10. The zero-order valence-corrected chi connectivity index (χ0v) is 15.8. The van der Waals surface area contributed by atoms with E-state index in [0.717, 1.165) is 57.5 Å². The third-order valence-corrected chi connectivity index (χ3v) is 5.39. The molecule has 0 unspecified atom stereocenters. The summed E-state index contributed by atoms with van der Waals surface area (Å²) in [7, 11) is 0. The molecule has 1 aromatic carbocycles. The highest BCUT2D eigenvalue weighted by Crippen LogP contribution is 2.28. The van der Waals surface area contributed by atoms with Crippen LogP contribution in [-0.4, -0.2) is 35.2 Å². The number of ether oxygens (including phenoxy) is 2. The molecule has 1 aromatic heterocycles. The van der Waals surface area contributed by atoms with Crippen LogP contribution in [0.1, 0.15) is 37.7 Å². The fraction of sp³-hybridized carbons (Fsp3) is 0.435. The smallest absolute Gasteiger partial charge is 0.122 e. The van der Waals surface area contributed by atoms with E-state index in [1.807, 2.05) is 12.1 Å². The second kappa shape index (κ2) is 9.05. The van der Waals surface area contributed by atoms with Gasteiger partial charge in [0.15, 0.2) is 0 Å². The first-order chi connectivity index (χ1) is 13.3. The number of hydrogen-bond donors (Lipinski definition) is 0. The molecule has 2 heterocycles. The molecule has 0 spiro atoms. The number of aromatic nitrogens is 1. The summed E-state index contributed by atoms with van der Waals surface area (Å²) in [6.07, 6.45) is 11.7. The van der Waals surface area contributed by atoms with Crippen LogP contribution in [0.3, 0.4) is 0 Å². The lowest BCUT2D eigenvalue weighted by Gasteiger charge is -2.32. The van der Waals surface area contributed by atoms with Crippen molar-refractivity contribution >= 4 is 0 Å². The predicted octanol–water partition coefficient (Wildman–Crippen LogP) is 4.58. The Bertz CT molecular complexity index is 725. The van der Waals surface area contributed by atoms with Crippen LogP contribution < -0.4 is 4.74 Å². The molecular weight excluding hydrogens is 336 g/mol. The number of nitrogens with zero attached hydrogens (tertiary/aromatic N) is 2. The van der Waals surface area contributed by atoms with E-state index in [0.29, 0.717) is 12.2 Å². The quantitative estimate of drug-likeness (QED) is 0.751. The van der Waals surface area contributed by atoms with Gasteiger partial charge in [-0.1, -0.05) is 30.3 Å². The van der Waals surface area contributed by atoms with Gasteiger partial charge in [0.2, 0.25) is 0 Å². The summed E-state index contributed by atoms with van der Waals surface area (Å²) in [6, 6.07) is 14.5. The van der Waals surface area contributed by atoms with Crippen LogP contribution in [0, 0.1) is 0 Å². The maximum absolute atomic E-state index is 6.30. The van der Waals surface area contributed by atoms with Crippen LogP contribution in [0.5, 0.6) is 5.75 Å². The van der Waals surface area contributed by atoms with Crippen LogP contribution in [0.15, 0.2) is 66.7 Å². The first kappa shape index (κ1) is 18.1. The van der Waals surface area contributed by atoms with Gasteiger partial charge < -0.3 is 9.47 Å². The third kappa shape index (κ3) is 5.33. The van der Waals surface area contributed by atoms with E-state index < -0.39 is 0 Å². The molecule has 2 aliphatic rings. The summed E-state index contributed by atoms with van der Waals surface area (Å²) < 4.78 is 12.3. The van der Waals surface area contributed by atoms with E-state index >= 15 is 0 Å². The van der Waals surface area contributed by atoms with Crippen molar-refractivity contribution in [2.75, 3.05) is 13.1 Å². The van der Waals surface area contributed by atoms with E-state index in [1.165, 1.54) is 11.3 Å². The van der Waals surface area contributed by atoms with Crippen molar-refractivity contribution in [2.24, 2.45) is 0 Å². The summed E-state index contributed by atoms with van der Waals surface area (Å²) in [5.41, 5.74) is 1.38. The van der Waals surface area contributed by atoms with Gasteiger partial charge in [-0.3, -0.25) is 9.88 Å². The molecule has 4 heteroatoms. The van der Waals surface area contributed by atoms with Crippen LogP contribution in [0.25, 0.3) is 0 Å². The second-order valence-electron chi connectivity index (χ2n) is 7.46. The number of benzene rings is 1. The van der Waals surface area contributed by atoms with Crippen molar-refractivity contribution in [3.63, 3.8) is 0 Å². The molecule has 4 rings (SSSR count). The van der Waals surface area contributed by atoms with E-state index in [-0.39, 0.29) is 0 Å². The average Bonchev–Trinajstić information content (AvgIpc) is 2.73. The molecular formula is C23H28N2O2. The molecule has 0 saturated heterocycles. The number of pyridine rings is 1. The molecule has 1 saturated carbocycles. The topological polar surface area (TPSA) is 34.6 Å². The fourth-order valence-electron chi connectivity index (χ4n) is 3.88. The lowest BCUT2D eigenvalue weighted by atomic mass is 9.94. The fourth-order valence-corrected chi connectivity index (χ4v) is 3.88. The Hall–Kier alpha value is -2.33. The molecule has 142 valence electrons. The standard InChI is InChI=1S/C23H28N2O2/c1-2-4-19(5-3-1)18-25-16-12-23(13-17-25)27-21-8-6-20(7-9-21)26-22-10-14-24-15-11-22/h1-5,10-12,14-15,20-21H,6-9,13,16-18H2. The summed E-state index contributed by atoms with van der Waals surface area (Å²) >= 11 is 0. The molecule has 1 aliphatic heterocycles. The lowest BCUT2D eigenvalue weighted by molar-refractivity contribution is 0.0323. The first-order valence-electron chi connectivity index (χ1n) is 10.0. The maximum atomic E-state index is 6.30. The first-order valence-corrected chi connectivity index (χ1v) is 10.0. The van der Waals surface area contributed by atoms with Crippen molar-refractivity contribution < 1.29 is 9.47 Å². The van der Waals surface area contributed by atoms with Crippen LogP contribution in [0.2, 0.25) is 0 Å². The number of hydrogen-bond acceptors (Lipinski definition) is 4. The number of rotatable bonds is 6. The minimum atomic E-state index is 0.300.